The Kier molecular flexibility index (Phi) is 4.94. The van der Waals surface area contributed by atoms with Gasteiger partial charge in [-0.05, 0) is 36.6 Å². The van der Waals surface area contributed by atoms with Crippen LogP contribution < -0.4 is 19.3 Å². The molecule has 0 spiro atoms. The van der Waals surface area contributed by atoms with Crippen LogP contribution in [0.2, 0.25) is 0 Å². The molecule has 2 aromatic rings. The second-order valence-electron chi connectivity index (χ2n) is 7.17. The van der Waals surface area contributed by atoms with Gasteiger partial charge in [0.2, 0.25) is 11.8 Å². The first kappa shape index (κ1) is 18.3. The van der Waals surface area contributed by atoms with Gasteiger partial charge in [-0.1, -0.05) is 18.2 Å². The van der Waals surface area contributed by atoms with E-state index in [1.807, 2.05) is 23.1 Å². The molecule has 0 aromatic heterocycles. The molecule has 2 heterocycles. The molecular weight excluding hydrogens is 356 g/mol. The van der Waals surface area contributed by atoms with E-state index in [9.17, 15) is 9.59 Å². The van der Waals surface area contributed by atoms with E-state index in [1.165, 1.54) is 5.56 Å². The van der Waals surface area contributed by atoms with Crippen LogP contribution >= 0.6 is 0 Å². The van der Waals surface area contributed by atoms with Gasteiger partial charge in [-0.3, -0.25) is 9.59 Å². The Hall–Kier alpha value is -3.02. The summed E-state index contributed by atoms with van der Waals surface area (Å²) in [6.07, 6.45) is 2.13. The number of aryl methyl sites for hydroxylation is 1. The number of hydrogen-bond acceptors (Lipinski definition) is 4. The zero-order valence-electron chi connectivity index (χ0n) is 16.2. The van der Waals surface area contributed by atoms with Gasteiger partial charge in [0, 0.05) is 31.3 Å². The second kappa shape index (κ2) is 7.54. The highest BCUT2D eigenvalue weighted by Crippen LogP contribution is 2.37. The van der Waals surface area contributed by atoms with Gasteiger partial charge in [-0.15, -0.1) is 0 Å². The van der Waals surface area contributed by atoms with Crippen LogP contribution in [0, 0.1) is 5.92 Å². The number of hydrogen-bond donors (Lipinski definition) is 0. The molecule has 2 aliphatic rings. The van der Waals surface area contributed by atoms with Crippen LogP contribution in [0.3, 0.4) is 0 Å². The molecule has 0 saturated carbocycles. The van der Waals surface area contributed by atoms with Crippen LogP contribution in [0.4, 0.5) is 11.4 Å². The second-order valence-corrected chi connectivity index (χ2v) is 7.17. The maximum atomic E-state index is 13.3. The summed E-state index contributed by atoms with van der Waals surface area (Å²) in [6.45, 7) is 1.04. The van der Waals surface area contributed by atoms with Crippen LogP contribution in [0.1, 0.15) is 18.4 Å². The molecule has 0 radical (unpaired) electrons. The van der Waals surface area contributed by atoms with Crippen molar-refractivity contribution in [2.45, 2.75) is 19.3 Å². The lowest BCUT2D eigenvalue weighted by molar-refractivity contribution is -0.124. The molecule has 1 fully saturated rings. The predicted octanol–water partition coefficient (Wildman–Crippen LogP) is 3.04. The van der Waals surface area contributed by atoms with E-state index >= 15 is 0 Å². The number of carbonyl (C=O) groups is 2. The number of benzene rings is 2. The summed E-state index contributed by atoms with van der Waals surface area (Å²) in [5.41, 5.74) is 2.81. The lowest BCUT2D eigenvalue weighted by Crippen LogP contribution is -2.40. The molecule has 6 nitrogen and oxygen atoms in total. The minimum atomic E-state index is -0.366. The van der Waals surface area contributed by atoms with Gasteiger partial charge >= 0.3 is 0 Å². The van der Waals surface area contributed by atoms with E-state index in [1.54, 1.807) is 37.3 Å². The smallest absolute Gasteiger partial charge is 0.232 e. The highest BCUT2D eigenvalue weighted by Gasteiger charge is 2.39. The van der Waals surface area contributed by atoms with Crippen molar-refractivity contribution in [2.24, 2.45) is 5.92 Å². The molecule has 2 aromatic carbocycles. The average Bonchev–Trinajstić information content (AvgIpc) is 3.13. The summed E-state index contributed by atoms with van der Waals surface area (Å²) in [6, 6.07) is 13.4. The van der Waals surface area contributed by atoms with Crippen molar-refractivity contribution in [3.8, 4) is 11.5 Å². The molecule has 2 aliphatic heterocycles. The van der Waals surface area contributed by atoms with Crippen molar-refractivity contribution in [3.05, 3.63) is 48.0 Å². The van der Waals surface area contributed by atoms with E-state index < -0.39 is 0 Å². The Labute approximate surface area is 164 Å². The number of amides is 2. The maximum Gasteiger partial charge on any atom is 0.232 e. The Morgan fingerprint density at radius 2 is 1.89 bits per heavy atom. The van der Waals surface area contributed by atoms with E-state index in [4.69, 9.17) is 9.47 Å². The molecule has 1 unspecified atom stereocenters. The Balaban J connectivity index is 1.58. The monoisotopic (exact) mass is 380 g/mol. The molecule has 28 heavy (non-hydrogen) atoms. The first-order valence-electron chi connectivity index (χ1n) is 9.54. The minimum Gasteiger partial charge on any atom is -0.497 e. The van der Waals surface area contributed by atoms with Gasteiger partial charge in [0.25, 0.3) is 0 Å². The van der Waals surface area contributed by atoms with Crippen LogP contribution in [0.15, 0.2) is 42.5 Å². The SMILES string of the molecule is COc1ccc(OC)c(N2CC(C(=O)N3CCCc4ccccc43)CC2=O)c1. The zero-order chi connectivity index (χ0) is 19.7. The molecule has 0 bridgehead atoms. The fourth-order valence-corrected chi connectivity index (χ4v) is 4.10. The van der Waals surface area contributed by atoms with Crippen molar-refractivity contribution >= 4 is 23.2 Å². The lowest BCUT2D eigenvalue weighted by Gasteiger charge is -2.31. The fourth-order valence-electron chi connectivity index (χ4n) is 4.10. The third kappa shape index (κ3) is 3.19. The molecule has 2 amide bonds. The molecule has 0 aliphatic carbocycles. The summed E-state index contributed by atoms with van der Waals surface area (Å²) in [5.74, 6) is 0.809. The molecule has 1 atom stereocenters. The van der Waals surface area contributed by atoms with Crippen LogP contribution in [0.5, 0.6) is 11.5 Å². The third-order valence-corrected chi connectivity index (χ3v) is 5.53. The van der Waals surface area contributed by atoms with Gasteiger partial charge in [0.1, 0.15) is 11.5 Å². The topological polar surface area (TPSA) is 59.1 Å². The first-order valence-corrected chi connectivity index (χ1v) is 9.54. The number of carbonyl (C=O) groups excluding carboxylic acids is 2. The summed E-state index contributed by atoms with van der Waals surface area (Å²) >= 11 is 0. The summed E-state index contributed by atoms with van der Waals surface area (Å²) < 4.78 is 10.7. The fraction of sp³-hybridized carbons (Fsp3) is 0.364. The molecule has 146 valence electrons. The van der Waals surface area contributed by atoms with E-state index in [0.29, 0.717) is 30.3 Å². The average molecular weight is 380 g/mol. The molecule has 0 N–H and O–H groups in total. The van der Waals surface area contributed by atoms with E-state index in [2.05, 4.69) is 6.07 Å². The lowest BCUT2D eigenvalue weighted by atomic mass is 9.99. The molecule has 6 heteroatoms. The minimum absolute atomic E-state index is 0.0184. The molecule has 1 saturated heterocycles. The van der Waals surface area contributed by atoms with Crippen LogP contribution in [0.25, 0.3) is 0 Å². The van der Waals surface area contributed by atoms with Gasteiger partial charge in [0.15, 0.2) is 0 Å². The largest absolute Gasteiger partial charge is 0.497 e. The van der Waals surface area contributed by atoms with Crippen molar-refractivity contribution in [1.29, 1.82) is 0 Å². The first-order chi connectivity index (χ1) is 13.6. The van der Waals surface area contributed by atoms with E-state index in [0.717, 1.165) is 18.5 Å². The van der Waals surface area contributed by atoms with Crippen LogP contribution in [-0.4, -0.2) is 39.1 Å². The normalized spacial score (nSPS) is 18.8. The number of fused-ring (bicyclic) bond motifs is 1. The number of nitrogens with zero attached hydrogens (tertiary/aromatic N) is 2. The number of rotatable bonds is 4. The molecule has 4 rings (SSSR count). The van der Waals surface area contributed by atoms with Crippen molar-refractivity contribution in [3.63, 3.8) is 0 Å². The quantitative estimate of drug-likeness (QED) is 0.818. The van der Waals surface area contributed by atoms with Crippen molar-refractivity contribution in [1.82, 2.24) is 0 Å². The van der Waals surface area contributed by atoms with Gasteiger partial charge in [-0.25, -0.2) is 0 Å². The van der Waals surface area contributed by atoms with Crippen molar-refractivity contribution < 1.29 is 19.1 Å². The number of methoxy groups -OCH3 is 2. The number of anilines is 2. The van der Waals surface area contributed by atoms with Crippen molar-refractivity contribution in [2.75, 3.05) is 37.1 Å². The van der Waals surface area contributed by atoms with Gasteiger partial charge < -0.3 is 19.3 Å². The predicted molar refractivity (Wildman–Crippen MR) is 107 cm³/mol. The number of para-hydroxylation sites is 1. The Bertz CT molecular complexity index is 911. The summed E-state index contributed by atoms with van der Waals surface area (Å²) in [7, 11) is 3.15. The standard InChI is InChI=1S/C22H24N2O4/c1-27-17-9-10-20(28-2)19(13-17)24-14-16(12-21(24)25)22(26)23-11-5-7-15-6-3-4-8-18(15)23/h3-4,6,8-10,13,16H,5,7,11-12,14H2,1-2H3. The molecular formula is C22H24N2O4. The highest BCUT2D eigenvalue weighted by atomic mass is 16.5. The van der Waals surface area contributed by atoms with Gasteiger partial charge in [-0.2, -0.15) is 0 Å². The Morgan fingerprint density at radius 3 is 2.68 bits per heavy atom. The summed E-state index contributed by atoms with van der Waals surface area (Å²) in [4.78, 5) is 29.5. The summed E-state index contributed by atoms with van der Waals surface area (Å²) in [5, 5.41) is 0. The maximum absolute atomic E-state index is 13.3. The Morgan fingerprint density at radius 1 is 1.07 bits per heavy atom. The number of ether oxygens (including phenoxy) is 2. The van der Waals surface area contributed by atoms with Crippen LogP contribution in [-0.2, 0) is 16.0 Å². The third-order valence-electron chi connectivity index (χ3n) is 5.53. The van der Waals surface area contributed by atoms with Gasteiger partial charge in [0.05, 0.1) is 25.8 Å². The zero-order valence-corrected chi connectivity index (χ0v) is 16.2. The van der Waals surface area contributed by atoms with E-state index in [-0.39, 0.29) is 24.2 Å². The highest BCUT2D eigenvalue weighted by molar-refractivity contribution is 6.05.